The van der Waals surface area contributed by atoms with Crippen molar-refractivity contribution >= 4 is 5.69 Å². The van der Waals surface area contributed by atoms with Gasteiger partial charge in [-0.2, -0.15) is 0 Å². The Balaban J connectivity index is 2.39. The first-order valence-corrected chi connectivity index (χ1v) is 5.32. The molecule has 0 heterocycles. The Kier molecular flexibility index (Phi) is 5.41. The summed E-state index contributed by atoms with van der Waals surface area (Å²) in [6.07, 6.45) is 4.79. The van der Waals surface area contributed by atoms with E-state index in [0.717, 1.165) is 11.3 Å². The van der Waals surface area contributed by atoms with Gasteiger partial charge in [-0.25, -0.2) is 0 Å². The molecule has 0 saturated heterocycles. The third-order valence-corrected chi connectivity index (χ3v) is 2.09. The molecule has 86 valence electrons. The van der Waals surface area contributed by atoms with Gasteiger partial charge >= 0.3 is 0 Å². The standard InChI is InChI=1S/C13H17NO2/c1-3-11-6-5-7-12(8-11)14-9-13(15)10-16-4-2/h1,5-8,13-15H,4,9-10H2,2H3. The third kappa shape index (κ3) is 4.35. The fourth-order valence-electron chi connectivity index (χ4n) is 1.27. The molecule has 0 aliphatic rings. The lowest BCUT2D eigenvalue weighted by Gasteiger charge is -2.12. The maximum atomic E-state index is 9.54. The van der Waals surface area contributed by atoms with Crippen LogP contribution in [0.3, 0.4) is 0 Å². The number of ether oxygens (including phenoxy) is 1. The van der Waals surface area contributed by atoms with Crippen LogP contribution in [-0.2, 0) is 4.74 Å². The second kappa shape index (κ2) is 6.89. The zero-order chi connectivity index (χ0) is 11.8. The highest BCUT2D eigenvalue weighted by molar-refractivity contribution is 5.49. The van der Waals surface area contributed by atoms with Gasteiger partial charge in [0.2, 0.25) is 0 Å². The van der Waals surface area contributed by atoms with Crippen LogP contribution in [0.2, 0.25) is 0 Å². The van der Waals surface area contributed by atoms with Crippen LogP contribution in [0, 0.1) is 12.3 Å². The van der Waals surface area contributed by atoms with Gasteiger partial charge in [0.15, 0.2) is 0 Å². The lowest BCUT2D eigenvalue weighted by Crippen LogP contribution is -2.24. The second-order valence-corrected chi connectivity index (χ2v) is 3.42. The highest BCUT2D eigenvalue weighted by Gasteiger charge is 2.03. The van der Waals surface area contributed by atoms with E-state index in [9.17, 15) is 5.11 Å². The van der Waals surface area contributed by atoms with Crippen LogP contribution in [-0.4, -0.2) is 31.0 Å². The Labute approximate surface area is 96.4 Å². The topological polar surface area (TPSA) is 41.5 Å². The predicted molar refractivity (Wildman–Crippen MR) is 65.4 cm³/mol. The first-order chi connectivity index (χ1) is 7.76. The molecule has 1 rings (SSSR count). The number of benzene rings is 1. The summed E-state index contributed by atoms with van der Waals surface area (Å²) < 4.78 is 5.11. The molecule has 1 aromatic rings. The molecule has 0 aromatic heterocycles. The monoisotopic (exact) mass is 219 g/mol. The molecule has 3 nitrogen and oxygen atoms in total. The van der Waals surface area contributed by atoms with Gasteiger partial charge in [0.1, 0.15) is 0 Å². The molecular weight excluding hydrogens is 202 g/mol. The maximum absolute atomic E-state index is 9.54. The molecule has 0 fully saturated rings. The van der Waals surface area contributed by atoms with E-state index in [1.54, 1.807) is 0 Å². The highest BCUT2D eigenvalue weighted by Crippen LogP contribution is 2.09. The van der Waals surface area contributed by atoms with Crippen molar-refractivity contribution in [1.29, 1.82) is 0 Å². The van der Waals surface area contributed by atoms with Crippen molar-refractivity contribution in [1.82, 2.24) is 0 Å². The molecule has 1 atom stereocenters. The van der Waals surface area contributed by atoms with E-state index in [1.165, 1.54) is 0 Å². The minimum Gasteiger partial charge on any atom is -0.389 e. The molecule has 0 aliphatic heterocycles. The first-order valence-electron chi connectivity index (χ1n) is 5.32. The first kappa shape index (κ1) is 12.6. The zero-order valence-corrected chi connectivity index (χ0v) is 9.44. The molecule has 1 unspecified atom stereocenters. The molecule has 1 aromatic carbocycles. The summed E-state index contributed by atoms with van der Waals surface area (Å²) in [5.74, 6) is 2.56. The van der Waals surface area contributed by atoms with Gasteiger partial charge in [-0.1, -0.05) is 12.0 Å². The molecule has 16 heavy (non-hydrogen) atoms. The zero-order valence-electron chi connectivity index (χ0n) is 9.44. The van der Waals surface area contributed by atoms with Crippen LogP contribution in [0.25, 0.3) is 0 Å². The number of hydrogen-bond donors (Lipinski definition) is 2. The summed E-state index contributed by atoms with van der Waals surface area (Å²) in [4.78, 5) is 0. The van der Waals surface area contributed by atoms with E-state index in [4.69, 9.17) is 11.2 Å². The number of aliphatic hydroxyl groups is 1. The smallest absolute Gasteiger partial charge is 0.0945 e. The van der Waals surface area contributed by atoms with Crippen molar-refractivity contribution < 1.29 is 9.84 Å². The van der Waals surface area contributed by atoms with Crippen molar-refractivity contribution in [2.24, 2.45) is 0 Å². The van der Waals surface area contributed by atoms with Crippen LogP contribution < -0.4 is 5.32 Å². The van der Waals surface area contributed by atoms with Crippen molar-refractivity contribution in [2.45, 2.75) is 13.0 Å². The molecule has 0 amide bonds. The van der Waals surface area contributed by atoms with E-state index in [0.29, 0.717) is 19.8 Å². The van der Waals surface area contributed by atoms with Gasteiger partial charge in [-0.3, -0.25) is 0 Å². The fourth-order valence-corrected chi connectivity index (χ4v) is 1.27. The normalized spacial score (nSPS) is 11.8. The van der Waals surface area contributed by atoms with Crippen molar-refractivity contribution in [3.63, 3.8) is 0 Å². The van der Waals surface area contributed by atoms with E-state index in [-0.39, 0.29) is 0 Å². The van der Waals surface area contributed by atoms with Crippen LogP contribution in [0.15, 0.2) is 24.3 Å². The Hall–Kier alpha value is -1.50. The molecule has 0 spiro atoms. The summed E-state index contributed by atoms with van der Waals surface area (Å²) in [5.41, 5.74) is 1.73. The van der Waals surface area contributed by atoms with Gasteiger partial charge in [-0.05, 0) is 25.1 Å². The Morgan fingerprint density at radius 2 is 2.38 bits per heavy atom. The van der Waals surface area contributed by atoms with Crippen LogP contribution >= 0.6 is 0 Å². The largest absolute Gasteiger partial charge is 0.389 e. The third-order valence-electron chi connectivity index (χ3n) is 2.09. The Morgan fingerprint density at radius 3 is 3.06 bits per heavy atom. The molecule has 0 saturated carbocycles. The van der Waals surface area contributed by atoms with Gasteiger partial charge in [-0.15, -0.1) is 6.42 Å². The highest BCUT2D eigenvalue weighted by atomic mass is 16.5. The minimum atomic E-state index is -0.505. The van der Waals surface area contributed by atoms with Crippen molar-refractivity contribution in [2.75, 3.05) is 25.1 Å². The van der Waals surface area contributed by atoms with Gasteiger partial charge in [0.05, 0.1) is 12.7 Å². The van der Waals surface area contributed by atoms with E-state index >= 15 is 0 Å². The molecule has 0 bridgehead atoms. The van der Waals surface area contributed by atoms with Crippen LogP contribution in [0.5, 0.6) is 0 Å². The molecular formula is C13H17NO2. The number of anilines is 1. The average molecular weight is 219 g/mol. The van der Waals surface area contributed by atoms with Crippen molar-refractivity contribution in [3.05, 3.63) is 29.8 Å². The summed E-state index contributed by atoms with van der Waals surface area (Å²) >= 11 is 0. The van der Waals surface area contributed by atoms with Crippen LogP contribution in [0.1, 0.15) is 12.5 Å². The molecule has 0 radical (unpaired) electrons. The molecule has 3 heteroatoms. The lowest BCUT2D eigenvalue weighted by molar-refractivity contribution is 0.0496. The van der Waals surface area contributed by atoms with Crippen molar-refractivity contribution in [3.8, 4) is 12.3 Å². The van der Waals surface area contributed by atoms with Crippen LogP contribution in [0.4, 0.5) is 5.69 Å². The van der Waals surface area contributed by atoms with E-state index in [1.807, 2.05) is 31.2 Å². The fraction of sp³-hybridized carbons (Fsp3) is 0.385. The summed E-state index contributed by atoms with van der Waals surface area (Å²) in [5, 5.41) is 12.6. The molecule has 2 N–H and O–H groups in total. The minimum absolute atomic E-state index is 0.346. The molecule has 0 aliphatic carbocycles. The quantitative estimate of drug-likeness (QED) is 0.712. The van der Waals surface area contributed by atoms with E-state index < -0.39 is 6.10 Å². The number of terminal acetylenes is 1. The Morgan fingerprint density at radius 1 is 1.56 bits per heavy atom. The van der Waals surface area contributed by atoms with E-state index in [2.05, 4.69) is 11.2 Å². The predicted octanol–water partition coefficient (Wildman–Crippen LogP) is 1.48. The van der Waals surface area contributed by atoms with Gasteiger partial charge in [0, 0.05) is 24.4 Å². The summed E-state index contributed by atoms with van der Waals surface area (Å²) in [7, 11) is 0. The SMILES string of the molecule is C#Cc1cccc(NCC(O)COCC)c1. The Bertz CT molecular complexity index is 357. The maximum Gasteiger partial charge on any atom is 0.0945 e. The number of nitrogens with one attached hydrogen (secondary N) is 1. The van der Waals surface area contributed by atoms with Gasteiger partial charge in [0.25, 0.3) is 0 Å². The number of rotatable bonds is 6. The summed E-state index contributed by atoms with van der Waals surface area (Å²) in [6.45, 7) is 3.31. The average Bonchev–Trinajstić information content (AvgIpc) is 2.34. The number of aliphatic hydroxyl groups excluding tert-OH is 1. The summed E-state index contributed by atoms with van der Waals surface area (Å²) in [6, 6.07) is 7.52. The lowest BCUT2D eigenvalue weighted by atomic mass is 10.2. The van der Waals surface area contributed by atoms with Gasteiger partial charge < -0.3 is 15.2 Å². The number of hydrogen-bond acceptors (Lipinski definition) is 3. The second-order valence-electron chi connectivity index (χ2n) is 3.42.